The molecule has 0 bridgehead atoms. The Balaban J connectivity index is 1.67. The van der Waals surface area contributed by atoms with Crippen LogP contribution >= 0.6 is 0 Å². The van der Waals surface area contributed by atoms with Gasteiger partial charge in [-0.1, -0.05) is 0 Å². The average Bonchev–Trinajstić information content (AvgIpc) is 2.90. The molecule has 2 fully saturated rings. The summed E-state index contributed by atoms with van der Waals surface area (Å²) in [6.07, 6.45) is 4.57. The topological polar surface area (TPSA) is 41.6 Å². The van der Waals surface area contributed by atoms with E-state index in [1.54, 1.807) is 0 Å². The van der Waals surface area contributed by atoms with E-state index in [-0.39, 0.29) is 5.91 Å². The standard InChI is InChI=1S/C13H24N2O2/c1-11(12-4-8-17-9-5-12)14-10-13(16)15-6-2-3-7-15/h11-12,14H,2-10H2,1H3. The number of rotatable bonds is 4. The van der Waals surface area contributed by atoms with Gasteiger partial charge in [0.15, 0.2) is 0 Å². The molecule has 0 aromatic carbocycles. The van der Waals surface area contributed by atoms with Gasteiger partial charge in [-0.15, -0.1) is 0 Å². The monoisotopic (exact) mass is 240 g/mol. The van der Waals surface area contributed by atoms with Crippen molar-refractivity contribution in [1.29, 1.82) is 0 Å². The molecule has 2 heterocycles. The van der Waals surface area contributed by atoms with Gasteiger partial charge in [-0.05, 0) is 38.5 Å². The van der Waals surface area contributed by atoms with Gasteiger partial charge in [0.1, 0.15) is 0 Å². The van der Waals surface area contributed by atoms with Crippen LogP contribution in [0, 0.1) is 5.92 Å². The number of hydrogen-bond donors (Lipinski definition) is 1. The molecule has 4 heteroatoms. The van der Waals surface area contributed by atoms with Gasteiger partial charge in [0.2, 0.25) is 5.91 Å². The van der Waals surface area contributed by atoms with E-state index in [0.717, 1.165) is 39.1 Å². The fraction of sp³-hybridized carbons (Fsp3) is 0.923. The molecule has 2 aliphatic rings. The molecular formula is C13H24N2O2. The van der Waals surface area contributed by atoms with Crippen molar-refractivity contribution in [1.82, 2.24) is 10.2 Å². The third-order valence-corrected chi connectivity index (χ3v) is 4.01. The number of hydrogen-bond acceptors (Lipinski definition) is 3. The molecule has 1 amide bonds. The Hall–Kier alpha value is -0.610. The number of ether oxygens (including phenoxy) is 1. The van der Waals surface area contributed by atoms with Gasteiger partial charge in [-0.2, -0.15) is 0 Å². The predicted molar refractivity (Wildman–Crippen MR) is 66.8 cm³/mol. The van der Waals surface area contributed by atoms with Crippen LogP contribution in [-0.4, -0.2) is 49.7 Å². The van der Waals surface area contributed by atoms with E-state index in [1.165, 1.54) is 12.8 Å². The Morgan fingerprint density at radius 2 is 2.00 bits per heavy atom. The molecule has 0 spiro atoms. The van der Waals surface area contributed by atoms with Crippen molar-refractivity contribution in [2.75, 3.05) is 32.8 Å². The fourth-order valence-corrected chi connectivity index (χ4v) is 2.71. The van der Waals surface area contributed by atoms with Crippen LogP contribution in [0.2, 0.25) is 0 Å². The van der Waals surface area contributed by atoms with Gasteiger partial charge in [-0.3, -0.25) is 4.79 Å². The molecule has 1 unspecified atom stereocenters. The van der Waals surface area contributed by atoms with E-state index >= 15 is 0 Å². The molecule has 0 aromatic rings. The highest BCUT2D eigenvalue weighted by Gasteiger charge is 2.22. The summed E-state index contributed by atoms with van der Waals surface area (Å²) in [4.78, 5) is 13.8. The predicted octanol–water partition coefficient (Wildman–Crippen LogP) is 1.01. The summed E-state index contributed by atoms with van der Waals surface area (Å²) in [5.41, 5.74) is 0. The SMILES string of the molecule is CC(NCC(=O)N1CCCC1)C1CCOCC1. The van der Waals surface area contributed by atoms with Crippen LogP contribution in [0.1, 0.15) is 32.6 Å². The Kier molecular flexibility index (Phi) is 4.80. The normalized spacial score (nSPS) is 23.9. The Morgan fingerprint density at radius 1 is 1.35 bits per heavy atom. The average molecular weight is 240 g/mol. The second kappa shape index (κ2) is 6.36. The summed E-state index contributed by atoms with van der Waals surface area (Å²) in [6.45, 7) is 6.33. The quantitative estimate of drug-likeness (QED) is 0.797. The first-order valence-electron chi connectivity index (χ1n) is 6.86. The summed E-state index contributed by atoms with van der Waals surface area (Å²) in [5.74, 6) is 0.927. The van der Waals surface area contributed by atoms with Crippen LogP contribution in [-0.2, 0) is 9.53 Å². The summed E-state index contributed by atoms with van der Waals surface area (Å²) < 4.78 is 5.35. The van der Waals surface area contributed by atoms with Crippen molar-refractivity contribution < 1.29 is 9.53 Å². The number of carbonyl (C=O) groups is 1. The fourth-order valence-electron chi connectivity index (χ4n) is 2.71. The maximum Gasteiger partial charge on any atom is 0.236 e. The first kappa shape index (κ1) is 12.8. The van der Waals surface area contributed by atoms with E-state index in [0.29, 0.717) is 18.5 Å². The van der Waals surface area contributed by atoms with Gasteiger partial charge in [0.25, 0.3) is 0 Å². The summed E-state index contributed by atoms with van der Waals surface area (Å²) in [6, 6.07) is 0.422. The summed E-state index contributed by atoms with van der Waals surface area (Å²) >= 11 is 0. The third-order valence-electron chi connectivity index (χ3n) is 4.01. The number of carbonyl (C=O) groups excluding carboxylic acids is 1. The van der Waals surface area contributed by atoms with E-state index in [2.05, 4.69) is 12.2 Å². The molecule has 4 nitrogen and oxygen atoms in total. The van der Waals surface area contributed by atoms with Crippen molar-refractivity contribution in [3.8, 4) is 0 Å². The first-order valence-corrected chi connectivity index (χ1v) is 6.86. The zero-order chi connectivity index (χ0) is 12.1. The van der Waals surface area contributed by atoms with Gasteiger partial charge in [0.05, 0.1) is 6.54 Å². The molecule has 0 aromatic heterocycles. The number of amides is 1. The third kappa shape index (κ3) is 3.68. The number of likely N-dealkylation sites (tertiary alicyclic amines) is 1. The molecule has 2 aliphatic heterocycles. The van der Waals surface area contributed by atoms with E-state index in [4.69, 9.17) is 4.74 Å². The lowest BCUT2D eigenvalue weighted by Gasteiger charge is -2.28. The van der Waals surface area contributed by atoms with Gasteiger partial charge in [-0.25, -0.2) is 0 Å². The Bertz CT molecular complexity index is 246. The van der Waals surface area contributed by atoms with Crippen LogP contribution < -0.4 is 5.32 Å². The molecule has 0 saturated carbocycles. The van der Waals surface area contributed by atoms with Crippen molar-refractivity contribution in [3.63, 3.8) is 0 Å². The zero-order valence-corrected chi connectivity index (χ0v) is 10.8. The maximum atomic E-state index is 11.9. The largest absolute Gasteiger partial charge is 0.381 e. The lowest BCUT2D eigenvalue weighted by atomic mass is 9.93. The highest BCUT2D eigenvalue weighted by Crippen LogP contribution is 2.18. The highest BCUT2D eigenvalue weighted by molar-refractivity contribution is 5.78. The van der Waals surface area contributed by atoms with Crippen molar-refractivity contribution in [2.45, 2.75) is 38.6 Å². The van der Waals surface area contributed by atoms with Crippen LogP contribution in [0.25, 0.3) is 0 Å². The molecule has 1 atom stereocenters. The van der Waals surface area contributed by atoms with Crippen molar-refractivity contribution >= 4 is 5.91 Å². The first-order chi connectivity index (χ1) is 8.27. The summed E-state index contributed by atoms with van der Waals surface area (Å²) in [7, 11) is 0. The van der Waals surface area contributed by atoms with Gasteiger partial charge >= 0.3 is 0 Å². The molecular weight excluding hydrogens is 216 g/mol. The molecule has 0 aliphatic carbocycles. The number of nitrogens with zero attached hydrogens (tertiary/aromatic N) is 1. The van der Waals surface area contributed by atoms with E-state index in [9.17, 15) is 4.79 Å². The smallest absolute Gasteiger partial charge is 0.236 e. The van der Waals surface area contributed by atoms with Crippen LogP contribution in [0.15, 0.2) is 0 Å². The zero-order valence-electron chi connectivity index (χ0n) is 10.8. The molecule has 98 valence electrons. The second-order valence-corrected chi connectivity index (χ2v) is 5.21. The highest BCUT2D eigenvalue weighted by atomic mass is 16.5. The second-order valence-electron chi connectivity index (χ2n) is 5.21. The number of nitrogens with one attached hydrogen (secondary N) is 1. The lowest BCUT2D eigenvalue weighted by molar-refractivity contribution is -0.129. The van der Waals surface area contributed by atoms with Crippen LogP contribution in [0.5, 0.6) is 0 Å². The molecule has 1 N–H and O–H groups in total. The molecule has 17 heavy (non-hydrogen) atoms. The minimum absolute atomic E-state index is 0.265. The van der Waals surface area contributed by atoms with Crippen LogP contribution in [0.3, 0.4) is 0 Å². The minimum Gasteiger partial charge on any atom is -0.381 e. The molecule has 2 rings (SSSR count). The maximum absolute atomic E-state index is 11.9. The van der Waals surface area contributed by atoms with Gasteiger partial charge in [0, 0.05) is 32.3 Å². The Labute approximate surface area is 104 Å². The minimum atomic E-state index is 0.265. The lowest BCUT2D eigenvalue weighted by Crippen LogP contribution is -2.43. The van der Waals surface area contributed by atoms with E-state index < -0.39 is 0 Å². The van der Waals surface area contributed by atoms with E-state index in [1.807, 2.05) is 4.90 Å². The molecule has 2 saturated heterocycles. The Morgan fingerprint density at radius 3 is 2.65 bits per heavy atom. The van der Waals surface area contributed by atoms with Crippen LogP contribution in [0.4, 0.5) is 0 Å². The van der Waals surface area contributed by atoms with Crippen molar-refractivity contribution in [3.05, 3.63) is 0 Å². The molecule has 0 radical (unpaired) electrons. The van der Waals surface area contributed by atoms with Gasteiger partial charge < -0.3 is 15.0 Å². The van der Waals surface area contributed by atoms with Crippen molar-refractivity contribution in [2.24, 2.45) is 5.92 Å². The summed E-state index contributed by atoms with van der Waals surface area (Å²) in [5, 5.41) is 3.38.